The van der Waals surface area contributed by atoms with Crippen molar-refractivity contribution >= 4 is 17.5 Å². The number of alkyl halides is 1. The third kappa shape index (κ3) is 3.20. The molecule has 0 aliphatic rings. The molecule has 88 valence electrons. The van der Waals surface area contributed by atoms with Crippen LogP contribution in [-0.4, -0.2) is 16.8 Å². The minimum atomic E-state index is -0.544. The van der Waals surface area contributed by atoms with Crippen LogP contribution in [0.1, 0.15) is 32.4 Å². The van der Waals surface area contributed by atoms with Crippen molar-refractivity contribution in [1.29, 1.82) is 0 Å². The zero-order chi connectivity index (χ0) is 12.2. The highest BCUT2D eigenvalue weighted by atomic mass is 35.5. The topological polar surface area (TPSA) is 42.0 Å². The average molecular weight is 241 g/mol. The lowest BCUT2D eigenvalue weighted by atomic mass is 9.94. The summed E-state index contributed by atoms with van der Waals surface area (Å²) in [4.78, 5) is 15.9. The van der Waals surface area contributed by atoms with Gasteiger partial charge in [0.1, 0.15) is 0 Å². The van der Waals surface area contributed by atoms with Gasteiger partial charge in [0.25, 0.3) is 0 Å². The summed E-state index contributed by atoms with van der Waals surface area (Å²) < 4.78 is 0. The van der Waals surface area contributed by atoms with Crippen molar-refractivity contribution in [1.82, 2.24) is 10.3 Å². The number of nitrogens with one attached hydrogen (secondary N) is 1. The van der Waals surface area contributed by atoms with E-state index in [1.165, 1.54) is 0 Å². The minimum absolute atomic E-state index is 0.0427. The van der Waals surface area contributed by atoms with Gasteiger partial charge in [0.05, 0.1) is 11.5 Å². The lowest BCUT2D eigenvalue weighted by Gasteiger charge is -2.23. The maximum atomic E-state index is 11.9. The van der Waals surface area contributed by atoms with Crippen molar-refractivity contribution < 1.29 is 4.79 Å². The fourth-order valence-corrected chi connectivity index (χ4v) is 1.29. The fourth-order valence-electron chi connectivity index (χ4n) is 1.17. The van der Waals surface area contributed by atoms with Crippen LogP contribution in [0.25, 0.3) is 0 Å². The summed E-state index contributed by atoms with van der Waals surface area (Å²) in [5.41, 5.74) is 0.444. The molecule has 3 nitrogen and oxygen atoms in total. The van der Waals surface area contributed by atoms with Crippen molar-refractivity contribution in [3.05, 3.63) is 30.1 Å². The molecule has 1 amide bonds. The van der Waals surface area contributed by atoms with Gasteiger partial charge in [-0.1, -0.05) is 6.07 Å². The largest absolute Gasteiger partial charge is 0.349 e. The second-order valence-electron chi connectivity index (χ2n) is 4.50. The van der Waals surface area contributed by atoms with E-state index in [1.807, 2.05) is 32.9 Å². The summed E-state index contributed by atoms with van der Waals surface area (Å²) in [6.45, 7) is 5.58. The van der Waals surface area contributed by atoms with E-state index in [0.29, 0.717) is 5.88 Å². The van der Waals surface area contributed by atoms with Crippen LogP contribution in [0, 0.1) is 5.41 Å². The molecule has 0 spiro atoms. The van der Waals surface area contributed by atoms with Crippen molar-refractivity contribution in [2.24, 2.45) is 5.41 Å². The van der Waals surface area contributed by atoms with Crippen LogP contribution in [0.4, 0.5) is 0 Å². The maximum absolute atomic E-state index is 11.9. The molecule has 1 rings (SSSR count). The fraction of sp³-hybridized carbons (Fsp3) is 0.500. The van der Waals surface area contributed by atoms with Crippen LogP contribution in [-0.2, 0) is 4.79 Å². The van der Waals surface area contributed by atoms with Crippen molar-refractivity contribution in [2.45, 2.75) is 26.8 Å². The van der Waals surface area contributed by atoms with Crippen LogP contribution in [0.3, 0.4) is 0 Å². The molecule has 0 aliphatic carbocycles. The van der Waals surface area contributed by atoms with Gasteiger partial charge in [0.15, 0.2) is 0 Å². The molecule has 16 heavy (non-hydrogen) atoms. The zero-order valence-corrected chi connectivity index (χ0v) is 10.6. The van der Waals surface area contributed by atoms with Crippen LogP contribution in [0.15, 0.2) is 24.5 Å². The van der Waals surface area contributed by atoms with Gasteiger partial charge in [0.2, 0.25) is 5.91 Å². The Balaban J connectivity index is 2.66. The van der Waals surface area contributed by atoms with Gasteiger partial charge in [-0.2, -0.15) is 0 Å². The van der Waals surface area contributed by atoms with E-state index in [0.717, 1.165) is 5.56 Å². The molecular weight excluding hydrogens is 224 g/mol. The molecule has 4 heteroatoms. The predicted molar refractivity (Wildman–Crippen MR) is 65.3 cm³/mol. The highest BCUT2D eigenvalue weighted by Gasteiger charge is 2.27. The first-order chi connectivity index (χ1) is 7.47. The zero-order valence-electron chi connectivity index (χ0n) is 9.83. The SMILES string of the molecule is C[C@@H](NC(=O)C(C)(C)CCl)c1cccnc1. The Morgan fingerprint density at radius 1 is 1.62 bits per heavy atom. The number of rotatable bonds is 4. The summed E-state index contributed by atoms with van der Waals surface area (Å²) in [7, 11) is 0. The Kier molecular flexibility index (Phi) is 4.30. The first-order valence-electron chi connectivity index (χ1n) is 5.24. The molecule has 1 atom stereocenters. The number of aromatic nitrogens is 1. The quantitative estimate of drug-likeness (QED) is 0.822. The standard InChI is InChI=1S/C12H17ClN2O/c1-9(10-5-4-6-14-7-10)15-11(16)12(2,3)8-13/h4-7,9H,8H2,1-3H3,(H,15,16)/t9-/m1/s1. The van der Waals surface area contributed by atoms with E-state index in [2.05, 4.69) is 10.3 Å². The molecule has 1 aromatic rings. The summed E-state index contributed by atoms with van der Waals surface area (Å²) in [5, 5.41) is 2.92. The highest BCUT2D eigenvalue weighted by Crippen LogP contribution is 2.19. The number of hydrogen-bond acceptors (Lipinski definition) is 2. The molecule has 1 N–H and O–H groups in total. The number of amides is 1. The summed E-state index contributed by atoms with van der Waals surface area (Å²) in [5.74, 6) is 0.261. The normalized spacial score (nSPS) is 13.2. The van der Waals surface area contributed by atoms with Gasteiger partial charge >= 0.3 is 0 Å². The Morgan fingerprint density at radius 2 is 2.31 bits per heavy atom. The number of hydrogen-bond donors (Lipinski definition) is 1. The van der Waals surface area contributed by atoms with Crippen molar-refractivity contribution in [3.8, 4) is 0 Å². The Bertz CT molecular complexity index is 351. The van der Waals surface area contributed by atoms with Crippen molar-refractivity contribution in [3.63, 3.8) is 0 Å². The van der Waals surface area contributed by atoms with Gasteiger partial charge in [0, 0.05) is 18.3 Å². The summed E-state index contributed by atoms with van der Waals surface area (Å²) >= 11 is 5.74. The average Bonchev–Trinajstić information content (AvgIpc) is 2.30. The van der Waals surface area contributed by atoms with E-state index < -0.39 is 5.41 Å². The van der Waals surface area contributed by atoms with Crippen molar-refractivity contribution in [2.75, 3.05) is 5.88 Å². The smallest absolute Gasteiger partial charge is 0.227 e. The molecule has 0 aliphatic heterocycles. The van der Waals surface area contributed by atoms with E-state index in [4.69, 9.17) is 11.6 Å². The first-order valence-corrected chi connectivity index (χ1v) is 5.77. The lowest BCUT2D eigenvalue weighted by molar-refractivity contribution is -0.129. The molecule has 0 aromatic carbocycles. The Hall–Kier alpha value is -1.09. The maximum Gasteiger partial charge on any atom is 0.227 e. The Labute approximate surface area is 101 Å². The van der Waals surface area contributed by atoms with E-state index in [9.17, 15) is 4.79 Å². The van der Waals surface area contributed by atoms with Gasteiger partial charge in [-0.05, 0) is 32.4 Å². The van der Waals surface area contributed by atoms with Gasteiger partial charge in [-0.3, -0.25) is 9.78 Å². The summed E-state index contributed by atoms with van der Waals surface area (Å²) in [6.07, 6.45) is 3.46. The molecule has 0 unspecified atom stereocenters. The van der Waals surface area contributed by atoms with Crippen LogP contribution >= 0.6 is 11.6 Å². The summed E-state index contributed by atoms with van der Waals surface area (Å²) in [6, 6.07) is 3.74. The molecule has 0 radical (unpaired) electrons. The molecule has 0 fully saturated rings. The molecular formula is C12H17ClN2O. The number of carbonyl (C=O) groups excluding carboxylic acids is 1. The second-order valence-corrected chi connectivity index (χ2v) is 4.77. The lowest BCUT2D eigenvalue weighted by Crippen LogP contribution is -2.39. The molecule has 0 saturated heterocycles. The van der Waals surface area contributed by atoms with Gasteiger partial charge < -0.3 is 5.32 Å². The van der Waals surface area contributed by atoms with Gasteiger partial charge in [-0.25, -0.2) is 0 Å². The molecule has 0 bridgehead atoms. The predicted octanol–water partition coefficient (Wildman–Crippen LogP) is 2.52. The van der Waals surface area contributed by atoms with Crippen LogP contribution in [0.5, 0.6) is 0 Å². The number of nitrogens with zero attached hydrogens (tertiary/aromatic N) is 1. The number of pyridine rings is 1. The first kappa shape index (κ1) is 13.0. The van der Waals surface area contributed by atoms with E-state index in [-0.39, 0.29) is 11.9 Å². The minimum Gasteiger partial charge on any atom is -0.349 e. The third-order valence-corrected chi connectivity index (χ3v) is 3.15. The molecule has 0 saturated carbocycles. The van der Waals surface area contributed by atoms with E-state index in [1.54, 1.807) is 12.4 Å². The van der Waals surface area contributed by atoms with Crippen LogP contribution in [0.2, 0.25) is 0 Å². The monoisotopic (exact) mass is 240 g/mol. The molecule has 1 aromatic heterocycles. The number of carbonyl (C=O) groups is 1. The van der Waals surface area contributed by atoms with Crippen LogP contribution < -0.4 is 5.32 Å². The molecule has 1 heterocycles. The second kappa shape index (κ2) is 5.30. The Morgan fingerprint density at radius 3 is 2.81 bits per heavy atom. The van der Waals surface area contributed by atoms with Gasteiger partial charge in [-0.15, -0.1) is 11.6 Å². The highest BCUT2D eigenvalue weighted by molar-refractivity contribution is 6.19. The third-order valence-electron chi connectivity index (χ3n) is 2.48. The number of halogens is 1. The van der Waals surface area contributed by atoms with E-state index >= 15 is 0 Å².